The Bertz CT molecular complexity index is 1890. The number of rotatable bonds is 9. The fraction of sp³-hybridized carbons (Fsp3) is 0.212. The molecule has 5 rings (SSSR count). The van der Waals surface area contributed by atoms with Crippen LogP contribution in [0, 0.1) is 0 Å². The van der Waals surface area contributed by atoms with Crippen LogP contribution in [-0.2, 0) is 20.9 Å². The first-order chi connectivity index (χ1) is 20.8. The van der Waals surface area contributed by atoms with Crippen LogP contribution >= 0.6 is 22.9 Å². The lowest BCUT2D eigenvalue weighted by atomic mass is 9.96. The molecule has 0 saturated carbocycles. The van der Waals surface area contributed by atoms with E-state index in [1.165, 1.54) is 15.9 Å². The van der Waals surface area contributed by atoms with Crippen molar-refractivity contribution < 1.29 is 23.8 Å². The number of hydrogen-bond donors (Lipinski definition) is 0. The first-order valence-corrected chi connectivity index (χ1v) is 14.9. The number of para-hydroxylation sites is 1. The molecule has 0 unspecified atom stereocenters. The number of hydrogen-bond acceptors (Lipinski definition) is 8. The van der Waals surface area contributed by atoms with Crippen molar-refractivity contribution in [1.29, 1.82) is 0 Å². The zero-order valence-corrected chi connectivity index (χ0v) is 25.4. The van der Waals surface area contributed by atoms with Crippen LogP contribution in [-0.4, -0.2) is 29.7 Å². The Morgan fingerprint density at radius 2 is 1.63 bits per heavy atom. The van der Waals surface area contributed by atoms with Crippen molar-refractivity contribution in [2.24, 2.45) is 4.99 Å². The Morgan fingerprint density at radius 1 is 0.953 bits per heavy atom. The molecule has 43 heavy (non-hydrogen) atoms. The monoisotopic (exact) mass is 616 g/mol. The lowest BCUT2D eigenvalue weighted by Gasteiger charge is -2.25. The summed E-state index contributed by atoms with van der Waals surface area (Å²) in [7, 11) is 0. The van der Waals surface area contributed by atoms with Gasteiger partial charge in [-0.05, 0) is 62.2 Å². The maximum atomic E-state index is 14.0. The SMILES string of the molecule is CCOC(=O)C1=C(C)N=c2s/c(=C\c3ccccc3OCc3ccc(C(=O)OCC)cc3)c(=O)n2[C@H]1c1ccccc1Cl. The van der Waals surface area contributed by atoms with Gasteiger partial charge in [-0.3, -0.25) is 9.36 Å². The fourth-order valence-corrected chi connectivity index (χ4v) is 6.04. The van der Waals surface area contributed by atoms with Crippen molar-refractivity contribution in [3.8, 4) is 5.75 Å². The summed E-state index contributed by atoms with van der Waals surface area (Å²) < 4.78 is 18.4. The van der Waals surface area contributed by atoms with Gasteiger partial charge in [-0.2, -0.15) is 0 Å². The van der Waals surface area contributed by atoms with Crippen LogP contribution in [0.15, 0.2) is 93.9 Å². The molecule has 8 nitrogen and oxygen atoms in total. The molecule has 0 N–H and O–H groups in total. The van der Waals surface area contributed by atoms with Crippen molar-refractivity contribution in [2.75, 3.05) is 13.2 Å². The normalized spacial score (nSPS) is 14.6. The molecule has 0 radical (unpaired) electrons. The predicted molar refractivity (Wildman–Crippen MR) is 165 cm³/mol. The number of fused-ring (bicyclic) bond motifs is 1. The lowest BCUT2D eigenvalue weighted by molar-refractivity contribution is -0.139. The summed E-state index contributed by atoms with van der Waals surface area (Å²) in [6, 6.07) is 20.7. The van der Waals surface area contributed by atoms with E-state index in [9.17, 15) is 14.4 Å². The Hall–Kier alpha value is -4.47. The van der Waals surface area contributed by atoms with Crippen LogP contribution < -0.4 is 19.6 Å². The maximum absolute atomic E-state index is 14.0. The second-order valence-electron chi connectivity index (χ2n) is 9.57. The molecule has 0 saturated heterocycles. The number of benzene rings is 3. The van der Waals surface area contributed by atoms with E-state index < -0.39 is 12.0 Å². The molecule has 3 aromatic carbocycles. The lowest BCUT2D eigenvalue weighted by Crippen LogP contribution is -2.40. The van der Waals surface area contributed by atoms with Gasteiger partial charge in [-0.25, -0.2) is 14.6 Å². The summed E-state index contributed by atoms with van der Waals surface area (Å²) in [5, 5.41) is 0.424. The van der Waals surface area contributed by atoms with Crippen molar-refractivity contribution in [3.63, 3.8) is 0 Å². The summed E-state index contributed by atoms with van der Waals surface area (Å²) in [6.07, 6.45) is 1.76. The van der Waals surface area contributed by atoms with Crippen LogP contribution in [0.5, 0.6) is 5.75 Å². The van der Waals surface area contributed by atoms with Gasteiger partial charge in [0.1, 0.15) is 18.4 Å². The number of esters is 2. The van der Waals surface area contributed by atoms with Crippen LogP contribution in [0.2, 0.25) is 5.02 Å². The second-order valence-corrected chi connectivity index (χ2v) is 11.0. The number of aromatic nitrogens is 1. The van der Waals surface area contributed by atoms with Crippen LogP contribution in [0.1, 0.15) is 53.9 Å². The zero-order valence-electron chi connectivity index (χ0n) is 23.8. The molecule has 10 heteroatoms. The van der Waals surface area contributed by atoms with Crippen molar-refractivity contribution in [2.45, 2.75) is 33.4 Å². The number of carbonyl (C=O) groups excluding carboxylic acids is 2. The number of halogens is 1. The van der Waals surface area contributed by atoms with Crippen LogP contribution in [0.4, 0.5) is 0 Å². The van der Waals surface area contributed by atoms with E-state index in [-0.39, 0.29) is 30.3 Å². The first kappa shape index (κ1) is 30.0. The Balaban J connectivity index is 1.51. The number of thiazole rings is 1. The minimum atomic E-state index is -0.796. The quantitative estimate of drug-likeness (QED) is 0.240. The standard InChI is InChI=1S/C33H29ClN2O6S/c1-4-40-31(38)22-16-14-21(15-17-22)19-42-26-13-9-6-10-23(26)18-27-30(37)36-29(24-11-7-8-12-25(24)34)28(32(39)41-5-2)20(3)35-33(36)43-27/h6-18,29H,4-5,19H2,1-3H3/b27-18-/t29-/m0/s1. The van der Waals surface area contributed by atoms with E-state index in [0.717, 1.165) is 5.56 Å². The minimum absolute atomic E-state index is 0.182. The number of allylic oxidation sites excluding steroid dienone is 1. The van der Waals surface area contributed by atoms with Gasteiger partial charge in [-0.1, -0.05) is 71.5 Å². The molecule has 2 heterocycles. The fourth-order valence-electron chi connectivity index (χ4n) is 4.77. The van der Waals surface area contributed by atoms with Gasteiger partial charge in [-0.15, -0.1) is 0 Å². The van der Waals surface area contributed by atoms with E-state index in [1.54, 1.807) is 57.2 Å². The van der Waals surface area contributed by atoms with Crippen molar-refractivity contribution in [3.05, 3.63) is 131 Å². The Labute approximate surface area is 257 Å². The molecule has 1 aromatic heterocycles. The summed E-state index contributed by atoms with van der Waals surface area (Å²) >= 11 is 7.81. The average molecular weight is 617 g/mol. The number of nitrogens with zero attached hydrogens (tertiary/aromatic N) is 2. The predicted octanol–water partition coefficient (Wildman–Crippen LogP) is 5.21. The van der Waals surface area contributed by atoms with E-state index in [1.807, 2.05) is 42.5 Å². The van der Waals surface area contributed by atoms with Crippen LogP contribution in [0.25, 0.3) is 6.08 Å². The minimum Gasteiger partial charge on any atom is -0.488 e. The van der Waals surface area contributed by atoms with E-state index in [0.29, 0.717) is 49.1 Å². The van der Waals surface area contributed by atoms with Crippen LogP contribution in [0.3, 0.4) is 0 Å². The molecule has 0 spiro atoms. The van der Waals surface area contributed by atoms with Gasteiger partial charge in [0, 0.05) is 10.6 Å². The van der Waals surface area contributed by atoms with Gasteiger partial charge < -0.3 is 14.2 Å². The zero-order chi connectivity index (χ0) is 30.5. The molecule has 4 aromatic rings. The highest BCUT2D eigenvalue weighted by Gasteiger charge is 2.34. The van der Waals surface area contributed by atoms with Gasteiger partial charge in [0.05, 0.1) is 34.6 Å². The largest absolute Gasteiger partial charge is 0.488 e. The van der Waals surface area contributed by atoms with Gasteiger partial charge in [0.2, 0.25) is 0 Å². The summed E-state index contributed by atoms with van der Waals surface area (Å²) in [6.45, 7) is 5.97. The second kappa shape index (κ2) is 13.2. The van der Waals surface area contributed by atoms with Gasteiger partial charge >= 0.3 is 11.9 Å². The highest BCUT2D eigenvalue weighted by atomic mass is 35.5. The molecular formula is C33H29ClN2O6S. The molecule has 220 valence electrons. The van der Waals surface area contributed by atoms with Crippen molar-refractivity contribution >= 4 is 41.0 Å². The number of ether oxygens (including phenoxy) is 3. The molecular weight excluding hydrogens is 588 g/mol. The number of carbonyl (C=O) groups is 2. The topological polar surface area (TPSA) is 96.2 Å². The highest BCUT2D eigenvalue weighted by Crippen LogP contribution is 2.34. The van der Waals surface area contributed by atoms with Gasteiger partial charge in [0.25, 0.3) is 5.56 Å². The Kier molecular flexibility index (Phi) is 9.23. The summed E-state index contributed by atoms with van der Waals surface area (Å²) in [5.41, 5.74) is 3.06. The third-order valence-corrected chi connectivity index (χ3v) is 8.11. The molecule has 0 fully saturated rings. The van der Waals surface area contributed by atoms with Gasteiger partial charge in [0.15, 0.2) is 4.80 Å². The molecule has 0 bridgehead atoms. The summed E-state index contributed by atoms with van der Waals surface area (Å²) in [5.74, 6) is -0.339. The van der Waals surface area contributed by atoms with E-state index >= 15 is 0 Å². The molecule has 1 aliphatic rings. The third kappa shape index (κ3) is 6.33. The van der Waals surface area contributed by atoms with E-state index in [4.69, 9.17) is 25.8 Å². The maximum Gasteiger partial charge on any atom is 0.338 e. The van der Waals surface area contributed by atoms with E-state index in [2.05, 4.69) is 4.99 Å². The average Bonchev–Trinajstić information content (AvgIpc) is 3.30. The molecule has 1 aliphatic heterocycles. The smallest absolute Gasteiger partial charge is 0.338 e. The summed E-state index contributed by atoms with van der Waals surface area (Å²) in [4.78, 5) is 44.1. The molecule has 1 atom stereocenters. The first-order valence-electron chi connectivity index (χ1n) is 13.7. The Morgan fingerprint density at radius 3 is 2.35 bits per heavy atom. The molecule has 0 aliphatic carbocycles. The molecule has 0 amide bonds. The third-order valence-electron chi connectivity index (χ3n) is 6.78. The van der Waals surface area contributed by atoms with Crippen molar-refractivity contribution in [1.82, 2.24) is 4.57 Å². The highest BCUT2D eigenvalue weighted by molar-refractivity contribution is 7.07.